The van der Waals surface area contributed by atoms with E-state index in [0.717, 1.165) is 0 Å². The SMILES string of the molecule is COc1ccnc(C(=O)NC2(C(=O)OC(C)=C(c3ccc(F)cc3)c3ccc(F)cc3)CC2)c1OCOC(=O)C(C)C. The van der Waals surface area contributed by atoms with Crippen LogP contribution in [0, 0.1) is 17.6 Å². The van der Waals surface area contributed by atoms with Gasteiger partial charge in [0.15, 0.2) is 17.2 Å². The molecule has 1 saturated carbocycles. The van der Waals surface area contributed by atoms with Crippen molar-refractivity contribution in [2.45, 2.75) is 39.2 Å². The van der Waals surface area contributed by atoms with E-state index >= 15 is 0 Å². The maximum absolute atomic E-state index is 13.6. The van der Waals surface area contributed by atoms with Crippen LogP contribution < -0.4 is 14.8 Å². The lowest BCUT2D eigenvalue weighted by molar-refractivity contribution is -0.154. The van der Waals surface area contributed by atoms with Gasteiger partial charge in [-0.25, -0.2) is 18.6 Å². The number of hydrogen-bond acceptors (Lipinski definition) is 8. The molecule has 1 heterocycles. The van der Waals surface area contributed by atoms with E-state index in [0.29, 0.717) is 29.5 Å². The van der Waals surface area contributed by atoms with Crippen molar-refractivity contribution in [2.75, 3.05) is 13.9 Å². The zero-order valence-electron chi connectivity index (χ0n) is 23.5. The number of pyridine rings is 1. The van der Waals surface area contributed by atoms with Gasteiger partial charge in [-0.1, -0.05) is 38.1 Å². The summed E-state index contributed by atoms with van der Waals surface area (Å²) in [5.74, 6) is -2.93. The average molecular weight is 581 g/mol. The molecule has 0 atom stereocenters. The number of carbonyl (C=O) groups is 3. The van der Waals surface area contributed by atoms with Gasteiger partial charge in [0.25, 0.3) is 5.91 Å². The number of carbonyl (C=O) groups excluding carboxylic acids is 3. The fraction of sp³-hybridized carbons (Fsp3) is 0.290. The molecule has 1 aliphatic rings. The Bertz CT molecular complexity index is 1450. The van der Waals surface area contributed by atoms with Crippen LogP contribution in [0.15, 0.2) is 66.6 Å². The van der Waals surface area contributed by atoms with Crippen LogP contribution >= 0.6 is 0 Å². The topological polar surface area (TPSA) is 113 Å². The first-order valence-corrected chi connectivity index (χ1v) is 13.1. The molecule has 1 aliphatic carbocycles. The minimum absolute atomic E-state index is 0.0656. The molecule has 1 fully saturated rings. The minimum atomic E-state index is -1.33. The van der Waals surface area contributed by atoms with Gasteiger partial charge in [0.05, 0.1) is 13.0 Å². The first kappa shape index (κ1) is 30.2. The summed E-state index contributed by atoms with van der Waals surface area (Å²) in [5, 5.41) is 2.69. The molecule has 0 aliphatic heterocycles. The van der Waals surface area contributed by atoms with Gasteiger partial charge in [0.2, 0.25) is 6.79 Å². The molecule has 1 amide bonds. The maximum atomic E-state index is 13.6. The summed E-state index contributed by atoms with van der Waals surface area (Å²) in [6, 6.07) is 12.6. The summed E-state index contributed by atoms with van der Waals surface area (Å²) in [6.07, 6.45) is 1.95. The van der Waals surface area contributed by atoms with E-state index in [9.17, 15) is 23.2 Å². The number of aromatic nitrogens is 1. The maximum Gasteiger partial charge on any atom is 0.336 e. The molecule has 0 spiro atoms. The Kier molecular flexibility index (Phi) is 9.19. The van der Waals surface area contributed by atoms with Crippen LogP contribution in [0.3, 0.4) is 0 Å². The number of methoxy groups -OCH3 is 1. The lowest BCUT2D eigenvalue weighted by atomic mass is 9.97. The Balaban J connectivity index is 1.56. The van der Waals surface area contributed by atoms with Gasteiger partial charge in [0, 0.05) is 17.8 Å². The second-order valence-electron chi connectivity index (χ2n) is 9.94. The lowest BCUT2D eigenvalue weighted by Crippen LogP contribution is -2.44. The van der Waals surface area contributed by atoms with Gasteiger partial charge in [0.1, 0.15) is 22.9 Å². The van der Waals surface area contributed by atoms with Crippen molar-refractivity contribution < 1.29 is 42.1 Å². The van der Waals surface area contributed by atoms with E-state index in [1.165, 1.54) is 67.9 Å². The summed E-state index contributed by atoms with van der Waals surface area (Å²) in [6.45, 7) is 4.41. The Labute approximate surface area is 241 Å². The minimum Gasteiger partial charge on any atom is -0.493 e. The Morgan fingerprint density at radius 3 is 2.02 bits per heavy atom. The molecular weight excluding hydrogens is 550 g/mol. The molecule has 3 aromatic rings. The molecule has 220 valence electrons. The van der Waals surface area contributed by atoms with Crippen LogP contribution in [0.25, 0.3) is 5.57 Å². The van der Waals surface area contributed by atoms with Crippen LogP contribution in [0.1, 0.15) is 55.2 Å². The number of allylic oxidation sites excluding steroid dienone is 1. The van der Waals surface area contributed by atoms with E-state index in [1.807, 2.05) is 0 Å². The molecule has 1 N–H and O–H groups in total. The standard InChI is InChI=1S/C31H30F2N2O7/c1-18(2)29(37)41-17-40-27-24(39-4)13-16-34-26(27)28(36)35-31(14-15-31)30(38)42-19(3)25(20-5-9-22(32)10-6-20)21-7-11-23(33)12-8-21/h5-13,16,18H,14-15,17H2,1-4H3,(H,35,36). The highest BCUT2D eigenvalue weighted by Gasteiger charge is 2.53. The van der Waals surface area contributed by atoms with Crippen molar-refractivity contribution in [1.29, 1.82) is 0 Å². The van der Waals surface area contributed by atoms with Crippen LogP contribution in [0.2, 0.25) is 0 Å². The van der Waals surface area contributed by atoms with Gasteiger partial charge < -0.3 is 24.3 Å². The number of halogens is 2. The lowest BCUT2D eigenvalue weighted by Gasteiger charge is -2.20. The molecule has 0 bridgehead atoms. The molecule has 2 aromatic carbocycles. The molecule has 0 unspecified atom stereocenters. The fourth-order valence-electron chi connectivity index (χ4n) is 4.08. The van der Waals surface area contributed by atoms with Crippen LogP contribution in [0.5, 0.6) is 11.5 Å². The zero-order valence-corrected chi connectivity index (χ0v) is 23.5. The molecule has 1 aromatic heterocycles. The molecular formula is C31H30F2N2O7. The number of ether oxygens (including phenoxy) is 4. The Morgan fingerprint density at radius 1 is 0.952 bits per heavy atom. The highest BCUT2D eigenvalue weighted by Crippen LogP contribution is 2.39. The van der Waals surface area contributed by atoms with E-state index in [-0.39, 0.29) is 28.9 Å². The van der Waals surface area contributed by atoms with E-state index in [4.69, 9.17) is 18.9 Å². The van der Waals surface area contributed by atoms with E-state index in [1.54, 1.807) is 20.8 Å². The largest absolute Gasteiger partial charge is 0.493 e. The van der Waals surface area contributed by atoms with Gasteiger partial charge >= 0.3 is 11.9 Å². The van der Waals surface area contributed by atoms with Gasteiger partial charge in [-0.05, 0) is 55.2 Å². The third-order valence-corrected chi connectivity index (χ3v) is 6.54. The first-order valence-electron chi connectivity index (χ1n) is 13.1. The quantitative estimate of drug-likeness (QED) is 0.187. The van der Waals surface area contributed by atoms with Gasteiger partial charge in [-0.15, -0.1) is 0 Å². The second kappa shape index (κ2) is 12.8. The summed E-state index contributed by atoms with van der Waals surface area (Å²) in [7, 11) is 1.37. The summed E-state index contributed by atoms with van der Waals surface area (Å²) >= 11 is 0. The number of amides is 1. The molecule has 9 nitrogen and oxygen atoms in total. The summed E-state index contributed by atoms with van der Waals surface area (Å²) in [5.41, 5.74) is 0.0258. The van der Waals surface area contributed by atoms with Crippen molar-refractivity contribution in [2.24, 2.45) is 5.92 Å². The predicted octanol–water partition coefficient (Wildman–Crippen LogP) is 5.19. The molecule has 4 rings (SSSR count). The van der Waals surface area contributed by atoms with E-state index < -0.39 is 41.8 Å². The highest BCUT2D eigenvalue weighted by molar-refractivity contribution is 6.00. The Hall–Kier alpha value is -4.80. The van der Waals surface area contributed by atoms with Crippen LogP contribution in [-0.2, 0) is 19.1 Å². The van der Waals surface area contributed by atoms with Crippen LogP contribution in [0.4, 0.5) is 8.78 Å². The van der Waals surface area contributed by atoms with Crippen molar-refractivity contribution in [3.05, 3.63) is 95.0 Å². The number of nitrogens with zero attached hydrogens (tertiary/aromatic N) is 1. The number of esters is 2. The zero-order chi connectivity index (χ0) is 30.4. The number of nitrogens with one attached hydrogen (secondary N) is 1. The third-order valence-electron chi connectivity index (χ3n) is 6.54. The summed E-state index contributed by atoms with van der Waals surface area (Å²) in [4.78, 5) is 42.6. The van der Waals surface area contributed by atoms with Gasteiger partial charge in [-0.3, -0.25) is 9.59 Å². The predicted molar refractivity (Wildman–Crippen MR) is 147 cm³/mol. The second-order valence-corrected chi connectivity index (χ2v) is 9.94. The summed E-state index contributed by atoms with van der Waals surface area (Å²) < 4.78 is 48.8. The third kappa shape index (κ3) is 6.91. The van der Waals surface area contributed by atoms with Crippen LogP contribution in [-0.4, -0.2) is 42.3 Å². The smallest absolute Gasteiger partial charge is 0.336 e. The average Bonchev–Trinajstić information content (AvgIpc) is 3.75. The van der Waals surface area contributed by atoms with Crippen molar-refractivity contribution in [1.82, 2.24) is 10.3 Å². The van der Waals surface area contributed by atoms with Crippen molar-refractivity contribution >= 4 is 23.4 Å². The highest BCUT2D eigenvalue weighted by atomic mass is 19.1. The molecule has 0 saturated heterocycles. The van der Waals surface area contributed by atoms with Gasteiger partial charge in [-0.2, -0.15) is 0 Å². The normalized spacial score (nSPS) is 13.1. The monoisotopic (exact) mass is 580 g/mol. The van der Waals surface area contributed by atoms with Crippen molar-refractivity contribution in [3.8, 4) is 11.5 Å². The van der Waals surface area contributed by atoms with Crippen molar-refractivity contribution in [3.63, 3.8) is 0 Å². The molecule has 11 heteroatoms. The molecule has 0 radical (unpaired) electrons. The fourth-order valence-corrected chi connectivity index (χ4v) is 4.08. The number of hydrogen-bond donors (Lipinski definition) is 1. The number of benzene rings is 2. The first-order chi connectivity index (χ1) is 20.0. The Morgan fingerprint density at radius 2 is 1.52 bits per heavy atom. The van der Waals surface area contributed by atoms with E-state index in [2.05, 4.69) is 10.3 Å². The number of rotatable bonds is 11. The molecule has 42 heavy (non-hydrogen) atoms.